The first kappa shape index (κ1) is 30.0. The number of hydrogen-bond donors (Lipinski definition) is 2. The van der Waals surface area contributed by atoms with Crippen molar-refractivity contribution in [1.82, 2.24) is 24.9 Å². The summed E-state index contributed by atoms with van der Waals surface area (Å²) in [5, 5.41) is 8.38. The molecule has 0 aliphatic carbocycles. The summed E-state index contributed by atoms with van der Waals surface area (Å²) in [6.45, 7) is -0.276. The molecule has 1 saturated heterocycles. The second kappa shape index (κ2) is 12.9. The average molecular weight is 622 g/mol. The van der Waals surface area contributed by atoms with Gasteiger partial charge >= 0.3 is 0 Å². The van der Waals surface area contributed by atoms with Crippen molar-refractivity contribution in [2.75, 3.05) is 13.1 Å². The van der Waals surface area contributed by atoms with Crippen LogP contribution in [0.2, 0.25) is 0 Å². The molecule has 0 spiro atoms. The number of amides is 2. The molecule has 0 saturated carbocycles. The Hall–Kier alpha value is -5.00. The topological polar surface area (TPSA) is 138 Å². The SMILES string of the molecule is O=C(N[C@@H](Cc1ccc2ccccc2c1)C(=O)NC1CCCN(S(=O)(=O)c2ccccn2)CC1=O)c1ccc2ncccc2c1. The maximum absolute atomic E-state index is 13.8. The highest BCUT2D eigenvalue weighted by atomic mass is 32.2. The van der Waals surface area contributed by atoms with E-state index in [-0.39, 0.29) is 24.4 Å². The van der Waals surface area contributed by atoms with Crippen LogP contribution in [0.25, 0.3) is 21.7 Å². The zero-order chi connectivity index (χ0) is 31.4. The monoisotopic (exact) mass is 621 g/mol. The lowest BCUT2D eigenvalue weighted by molar-refractivity contribution is -0.128. The van der Waals surface area contributed by atoms with Gasteiger partial charge in [0.2, 0.25) is 5.91 Å². The predicted octanol–water partition coefficient (Wildman–Crippen LogP) is 3.66. The third kappa shape index (κ3) is 6.74. The minimum atomic E-state index is -3.98. The van der Waals surface area contributed by atoms with Crippen molar-refractivity contribution in [3.63, 3.8) is 0 Å². The molecule has 228 valence electrons. The molecule has 1 aliphatic heterocycles. The van der Waals surface area contributed by atoms with E-state index in [1.165, 1.54) is 12.3 Å². The summed E-state index contributed by atoms with van der Waals surface area (Å²) in [7, 11) is -3.98. The number of sulfonamides is 1. The molecule has 1 fully saturated rings. The minimum absolute atomic E-state index is 0.116. The van der Waals surface area contributed by atoms with Gasteiger partial charge in [-0.2, -0.15) is 4.31 Å². The van der Waals surface area contributed by atoms with Crippen molar-refractivity contribution in [2.45, 2.75) is 36.4 Å². The summed E-state index contributed by atoms with van der Waals surface area (Å²) in [5.41, 5.74) is 1.94. The number of ketones is 1. The highest BCUT2D eigenvalue weighted by Crippen LogP contribution is 2.20. The maximum atomic E-state index is 13.8. The zero-order valence-electron chi connectivity index (χ0n) is 24.3. The summed E-state index contributed by atoms with van der Waals surface area (Å²) < 4.78 is 27.4. The second-order valence-corrected chi connectivity index (χ2v) is 12.9. The van der Waals surface area contributed by atoms with Crippen LogP contribution in [-0.4, -0.2) is 65.5 Å². The van der Waals surface area contributed by atoms with Gasteiger partial charge in [0.15, 0.2) is 10.8 Å². The molecule has 11 heteroatoms. The Kier molecular flexibility index (Phi) is 8.63. The maximum Gasteiger partial charge on any atom is 0.260 e. The van der Waals surface area contributed by atoms with Gasteiger partial charge in [-0.15, -0.1) is 0 Å². The van der Waals surface area contributed by atoms with Crippen LogP contribution in [-0.2, 0) is 26.0 Å². The van der Waals surface area contributed by atoms with Gasteiger partial charge in [-0.1, -0.05) is 54.6 Å². The molecule has 6 rings (SSSR count). The van der Waals surface area contributed by atoms with Gasteiger partial charge in [-0.05, 0) is 65.6 Å². The zero-order valence-corrected chi connectivity index (χ0v) is 25.1. The van der Waals surface area contributed by atoms with E-state index in [0.29, 0.717) is 12.0 Å². The van der Waals surface area contributed by atoms with Crippen LogP contribution in [0.1, 0.15) is 28.8 Å². The highest BCUT2D eigenvalue weighted by Gasteiger charge is 2.34. The van der Waals surface area contributed by atoms with E-state index in [2.05, 4.69) is 20.6 Å². The number of rotatable bonds is 8. The molecule has 10 nitrogen and oxygen atoms in total. The van der Waals surface area contributed by atoms with E-state index in [1.54, 1.807) is 42.6 Å². The molecule has 5 aromatic rings. The van der Waals surface area contributed by atoms with Gasteiger partial charge in [0.05, 0.1) is 18.1 Å². The standard InChI is InChI=1S/C34H31N5O5S/c40-31-22-39(45(43,44)32-11-3-4-16-36-32)18-6-10-29(31)37-34(42)30(20-23-12-13-24-7-1-2-8-25(24)19-23)38-33(41)27-14-15-28-26(21-27)9-5-17-35-28/h1-5,7-9,11-17,19,21,29-30H,6,10,18,20,22H2,(H,37,42)(H,38,41)/t29?,30-/m0/s1. The number of hydrogen-bond acceptors (Lipinski definition) is 7. The molecular weight excluding hydrogens is 590 g/mol. The number of nitrogens with one attached hydrogen (secondary N) is 2. The van der Waals surface area contributed by atoms with Crippen molar-refractivity contribution in [2.24, 2.45) is 0 Å². The molecule has 1 unspecified atom stereocenters. The number of Topliss-reactive ketones (excluding diaryl/α,β-unsaturated/α-hetero) is 1. The van der Waals surface area contributed by atoms with Crippen molar-refractivity contribution in [1.29, 1.82) is 0 Å². The van der Waals surface area contributed by atoms with Gasteiger partial charge in [-0.25, -0.2) is 13.4 Å². The summed E-state index contributed by atoms with van der Waals surface area (Å²) >= 11 is 0. The molecule has 3 heterocycles. The van der Waals surface area contributed by atoms with Crippen molar-refractivity contribution >= 4 is 49.3 Å². The van der Waals surface area contributed by atoms with E-state index in [0.717, 1.165) is 31.5 Å². The Morgan fingerprint density at radius 1 is 0.867 bits per heavy atom. The van der Waals surface area contributed by atoms with E-state index in [9.17, 15) is 22.8 Å². The van der Waals surface area contributed by atoms with Gasteiger partial charge in [0, 0.05) is 36.3 Å². The summed E-state index contributed by atoms with van der Waals surface area (Å²) in [6.07, 6.45) is 3.85. The highest BCUT2D eigenvalue weighted by molar-refractivity contribution is 7.89. The lowest BCUT2D eigenvalue weighted by atomic mass is 10.00. The van der Waals surface area contributed by atoms with E-state index >= 15 is 0 Å². The number of carbonyl (C=O) groups is 3. The molecule has 2 aromatic heterocycles. The minimum Gasteiger partial charge on any atom is -0.344 e. The molecule has 0 radical (unpaired) electrons. The van der Waals surface area contributed by atoms with Gasteiger partial charge in [0.1, 0.15) is 6.04 Å². The molecule has 2 N–H and O–H groups in total. The van der Waals surface area contributed by atoms with E-state index < -0.39 is 46.2 Å². The molecule has 2 atom stereocenters. The quantitative estimate of drug-likeness (QED) is 0.270. The Balaban J connectivity index is 1.22. The summed E-state index contributed by atoms with van der Waals surface area (Å²) in [6, 6.07) is 25.1. The van der Waals surface area contributed by atoms with Gasteiger partial charge in [0.25, 0.3) is 15.9 Å². The van der Waals surface area contributed by atoms with Crippen molar-refractivity contribution in [3.8, 4) is 0 Å². The Morgan fingerprint density at radius 2 is 1.64 bits per heavy atom. The number of carbonyl (C=O) groups excluding carboxylic acids is 3. The number of benzene rings is 3. The van der Waals surface area contributed by atoms with E-state index in [4.69, 9.17) is 0 Å². The molecular formula is C34H31N5O5S. The van der Waals surface area contributed by atoms with Gasteiger partial charge in [-0.3, -0.25) is 19.4 Å². The first-order valence-electron chi connectivity index (χ1n) is 14.7. The first-order chi connectivity index (χ1) is 21.8. The molecule has 0 bridgehead atoms. The van der Waals surface area contributed by atoms with Crippen LogP contribution in [0, 0.1) is 0 Å². The Labute approximate surface area is 260 Å². The van der Waals surface area contributed by atoms with Crippen molar-refractivity contribution in [3.05, 3.63) is 115 Å². The smallest absolute Gasteiger partial charge is 0.260 e. The Morgan fingerprint density at radius 3 is 2.47 bits per heavy atom. The fourth-order valence-corrected chi connectivity index (χ4v) is 6.90. The average Bonchev–Trinajstić information content (AvgIpc) is 3.25. The third-order valence-electron chi connectivity index (χ3n) is 7.92. The number of fused-ring (bicyclic) bond motifs is 2. The van der Waals surface area contributed by atoms with Crippen LogP contribution in [0.15, 0.2) is 108 Å². The number of nitrogens with zero attached hydrogens (tertiary/aromatic N) is 3. The molecule has 45 heavy (non-hydrogen) atoms. The summed E-state index contributed by atoms with van der Waals surface area (Å²) in [5.74, 6) is -1.40. The second-order valence-electron chi connectivity index (χ2n) is 11.0. The first-order valence-corrected chi connectivity index (χ1v) is 16.1. The lowest BCUT2D eigenvalue weighted by Crippen LogP contribution is -2.53. The number of aromatic nitrogens is 2. The molecule has 1 aliphatic rings. The lowest BCUT2D eigenvalue weighted by Gasteiger charge is -2.23. The largest absolute Gasteiger partial charge is 0.344 e. The predicted molar refractivity (Wildman–Crippen MR) is 170 cm³/mol. The van der Waals surface area contributed by atoms with E-state index in [1.807, 2.05) is 48.5 Å². The van der Waals surface area contributed by atoms with Crippen LogP contribution in [0.5, 0.6) is 0 Å². The molecule has 3 aromatic carbocycles. The van der Waals surface area contributed by atoms with Crippen LogP contribution < -0.4 is 10.6 Å². The Bertz CT molecular complexity index is 2000. The fraction of sp³-hybridized carbons (Fsp3) is 0.206. The van der Waals surface area contributed by atoms with Crippen molar-refractivity contribution < 1.29 is 22.8 Å². The van der Waals surface area contributed by atoms with Crippen LogP contribution in [0.4, 0.5) is 0 Å². The van der Waals surface area contributed by atoms with Crippen LogP contribution in [0.3, 0.4) is 0 Å². The molecule has 2 amide bonds. The summed E-state index contributed by atoms with van der Waals surface area (Å²) in [4.78, 5) is 48.8. The van der Waals surface area contributed by atoms with Gasteiger partial charge < -0.3 is 10.6 Å². The third-order valence-corrected chi connectivity index (χ3v) is 9.68. The van der Waals surface area contributed by atoms with Crippen LogP contribution >= 0.6 is 0 Å². The fourth-order valence-electron chi connectivity index (χ4n) is 5.53. The normalized spacial score (nSPS) is 16.6. The number of pyridine rings is 2.